The summed E-state index contributed by atoms with van der Waals surface area (Å²) in [5, 5.41) is 8.36. The lowest BCUT2D eigenvalue weighted by Gasteiger charge is -2.07. The summed E-state index contributed by atoms with van der Waals surface area (Å²) >= 11 is 0. The van der Waals surface area contributed by atoms with Crippen molar-refractivity contribution in [3.63, 3.8) is 0 Å². The summed E-state index contributed by atoms with van der Waals surface area (Å²) in [7, 11) is -1.96. The number of rotatable bonds is 4. The summed E-state index contributed by atoms with van der Waals surface area (Å²) in [4.78, 5) is 0.183. The van der Waals surface area contributed by atoms with Crippen LogP contribution in [-0.4, -0.2) is 28.0 Å². The minimum atomic E-state index is -3.65. The minimum Gasteiger partial charge on any atom is -0.276 e. The zero-order valence-corrected chi connectivity index (χ0v) is 13.1. The summed E-state index contributed by atoms with van der Waals surface area (Å²) in [6.45, 7) is 7.96. The third kappa shape index (κ3) is 2.43. The van der Waals surface area contributed by atoms with E-state index in [1.807, 2.05) is 13.8 Å². The van der Waals surface area contributed by atoms with Crippen LogP contribution in [0.3, 0.4) is 0 Å². The quantitative estimate of drug-likeness (QED) is 0.924. The summed E-state index contributed by atoms with van der Waals surface area (Å²) in [5.74, 6) is 0. The second-order valence-electron chi connectivity index (χ2n) is 4.72. The molecule has 0 aromatic carbocycles. The molecule has 1 N–H and O–H groups in total. The molecule has 0 unspecified atom stereocenters. The number of nitrogens with zero attached hydrogens (tertiary/aromatic N) is 4. The maximum Gasteiger partial charge on any atom is 0.265 e. The van der Waals surface area contributed by atoms with Crippen molar-refractivity contribution in [3.05, 3.63) is 23.3 Å². The normalized spacial score (nSPS) is 11.8. The highest BCUT2D eigenvalue weighted by molar-refractivity contribution is 7.92. The van der Waals surface area contributed by atoms with Crippen molar-refractivity contribution in [2.75, 3.05) is 4.72 Å². The van der Waals surface area contributed by atoms with Gasteiger partial charge in [-0.15, -0.1) is 0 Å². The van der Waals surface area contributed by atoms with Gasteiger partial charge in [0.05, 0.1) is 22.8 Å². The first kappa shape index (κ1) is 14.6. The van der Waals surface area contributed by atoms with Gasteiger partial charge in [0, 0.05) is 19.8 Å². The minimum absolute atomic E-state index is 0.183. The smallest absolute Gasteiger partial charge is 0.265 e. The Morgan fingerprint density at radius 1 is 1.20 bits per heavy atom. The van der Waals surface area contributed by atoms with E-state index in [1.165, 1.54) is 10.9 Å². The molecule has 2 rings (SSSR count). The number of hydrogen-bond acceptors (Lipinski definition) is 4. The molecule has 8 heteroatoms. The highest BCUT2D eigenvalue weighted by atomic mass is 32.2. The molecule has 0 bridgehead atoms. The molecule has 0 aliphatic carbocycles. The van der Waals surface area contributed by atoms with Crippen LogP contribution in [0, 0.1) is 20.8 Å². The van der Waals surface area contributed by atoms with Gasteiger partial charge in [0.2, 0.25) is 0 Å². The lowest BCUT2D eigenvalue weighted by molar-refractivity contribution is 0.600. The topological polar surface area (TPSA) is 81.8 Å². The molecule has 0 aliphatic rings. The molecule has 0 saturated carbocycles. The fourth-order valence-corrected chi connectivity index (χ4v) is 3.58. The zero-order chi connectivity index (χ0) is 15.1. The number of sulfonamides is 1. The summed E-state index contributed by atoms with van der Waals surface area (Å²) in [6, 6.07) is 0. The van der Waals surface area contributed by atoms with E-state index in [0.717, 1.165) is 5.69 Å². The van der Waals surface area contributed by atoms with Gasteiger partial charge in [-0.3, -0.25) is 14.1 Å². The van der Waals surface area contributed by atoms with Crippen molar-refractivity contribution in [3.8, 4) is 0 Å². The molecule has 0 spiro atoms. The van der Waals surface area contributed by atoms with Crippen LogP contribution < -0.4 is 4.72 Å². The fraction of sp³-hybridized carbons (Fsp3) is 0.500. The molecule has 20 heavy (non-hydrogen) atoms. The van der Waals surface area contributed by atoms with Gasteiger partial charge in [-0.25, -0.2) is 8.42 Å². The molecule has 7 nitrogen and oxygen atoms in total. The molecule has 0 aliphatic heterocycles. The van der Waals surface area contributed by atoms with E-state index < -0.39 is 10.0 Å². The monoisotopic (exact) mass is 297 g/mol. The number of hydrogen-bond donors (Lipinski definition) is 1. The Balaban J connectivity index is 2.44. The van der Waals surface area contributed by atoms with Gasteiger partial charge in [0.25, 0.3) is 10.0 Å². The van der Waals surface area contributed by atoms with Crippen LogP contribution in [0.2, 0.25) is 0 Å². The second kappa shape index (κ2) is 4.93. The van der Waals surface area contributed by atoms with Crippen LogP contribution in [0.25, 0.3) is 0 Å². The van der Waals surface area contributed by atoms with E-state index in [9.17, 15) is 8.42 Å². The third-order valence-corrected chi connectivity index (χ3v) is 4.63. The molecular weight excluding hydrogens is 278 g/mol. The Labute approximate surface area is 118 Å². The van der Waals surface area contributed by atoms with Crippen LogP contribution in [0.5, 0.6) is 0 Å². The van der Waals surface area contributed by atoms with Gasteiger partial charge in [-0.1, -0.05) is 0 Å². The van der Waals surface area contributed by atoms with E-state index >= 15 is 0 Å². The first-order chi connectivity index (χ1) is 9.26. The zero-order valence-electron chi connectivity index (χ0n) is 12.3. The third-order valence-electron chi connectivity index (χ3n) is 3.18. The fourth-order valence-electron chi connectivity index (χ4n) is 2.18. The number of aromatic nitrogens is 4. The van der Waals surface area contributed by atoms with Crippen LogP contribution in [0.1, 0.15) is 24.0 Å². The predicted molar refractivity (Wildman–Crippen MR) is 76.1 cm³/mol. The van der Waals surface area contributed by atoms with Gasteiger partial charge in [-0.05, 0) is 27.7 Å². The van der Waals surface area contributed by atoms with Crippen molar-refractivity contribution < 1.29 is 8.42 Å². The SMILES string of the molecule is CCn1nc(C)c(NS(=O)(=O)c2cn(C)nc2C)c1C. The lowest BCUT2D eigenvalue weighted by atomic mass is 10.3. The molecular formula is C12H19N5O2S. The van der Waals surface area contributed by atoms with Crippen molar-refractivity contribution >= 4 is 15.7 Å². The molecule has 0 saturated heterocycles. The van der Waals surface area contributed by atoms with Crippen LogP contribution in [0.15, 0.2) is 11.1 Å². The van der Waals surface area contributed by atoms with E-state index in [1.54, 1.807) is 25.6 Å². The van der Waals surface area contributed by atoms with E-state index in [0.29, 0.717) is 23.6 Å². The van der Waals surface area contributed by atoms with Crippen LogP contribution in [-0.2, 0) is 23.6 Å². The largest absolute Gasteiger partial charge is 0.276 e. The first-order valence-electron chi connectivity index (χ1n) is 6.33. The molecule has 0 atom stereocenters. The van der Waals surface area contributed by atoms with E-state index in [-0.39, 0.29) is 4.90 Å². The average Bonchev–Trinajstić information content (AvgIpc) is 2.83. The molecule has 2 heterocycles. The lowest BCUT2D eigenvalue weighted by Crippen LogP contribution is -2.14. The van der Waals surface area contributed by atoms with Crippen molar-refractivity contribution in [1.82, 2.24) is 19.6 Å². The molecule has 110 valence electrons. The average molecular weight is 297 g/mol. The van der Waals surface area contributed by atoms with Crippen LogP contribution >= 0.6 is 0 Å². The van der Waals surface area contributed by atoms with Gasteiger partial charge in [0.1, 0.15) is 4.90 Å². The van der Waals surface area contributed by atoms with E-state index in [4.69, 9.17) is 0 Å². The highest BCUT2D eigenvalue weighted by Gasteiger charge is 2.23. The van der Waals surface area contributed by atoms with Gasteiger partial charge >= 0.3 is 0 Å². The Bertz CT molecular complexity index is 742. The number of nitrogens with one attached hydrogen (secondary N) is 1. The standard InChI is InChI=1S/C12H19N5O2S/c1-6-17-10(4)12(9(3)14-17)15-20(18,19)11-7-16(5)13-8(11)2/h7,15H,6H2,1-5H3. The first-order valence-corrected chi connectivity index (χ1v) is 7.81. The van der Waals surface area contributed by atoms with Crippen molar-refractivity contribution in [2.24, 2.45) is 7.05 Å². The maximum absolute atomic E-state index is 12.4. The van der Waals surface area contributed by atoms with E-state index in [2.05, 4.69) is 14.9 Å². The number of aryl methyl sites for hydroxylation is 4. The summed E-state index contributed by atoms with van der Waals surface area (Å²) < 4.78 is 30.7. The molecule has 2 aromatic rings. The Kier molecular flexibility index (Phi) is 3.59. The maximum atomic E-state index is 12.4. The predicted octanol–water partition coefficient (Wildman–Crippen LogP) is 1.36. The van der Waals surface area contributed by atoms with Gasteiger partial charge in [0.15, 0.2) is 0 Å². The van der Waals surface area contributed by atoms with Gasteiger partial charge < -0.3 is 0 Å². The molecule has 2 aromatic heterocycles. The Morgan fingerprint density at radius 3 is 2.30 bits per heavy atom. The molecule has 0 amide bonds. The molecule has 0 fully saturated rings. The van der Waals surface area contributed by atoms with Crippen molar-refractivity contribution in [1.29, 1.82) is 0 Å². The second-order valence-corrected chi connectivity index (χ2v) is 6.37. The van der Waals surface area contributed by atoms with Crippen LogP contribution in [0.4, 0.5) is 5.69 Å². The van der Waals surface area contributed by atoms with Gasteiger partial charge in [-0.2, -0.15) is 10.2 Å². The Hall–Kier alpha value is -1.83. The number of anilines is 1. The Morgan fingerprint density at radius 2 is 1.85 bits per heavy atom. The highest BCUT2D eigenvalue weighted by Crippen LogP contribution is 2.24. The molecule has 0 radical (unpaired) electrons. The summed E-state index contributed by atoms with van der Waals surface area (Å²) in [5.41, 5.74) is 2.47. The summed E-state index contributed by atoms with van der Waals surface area (Å²) in [6.07, 6.45) is 1.49. The van der Waals surface area contributed by atoms with Crippen molar-refractivity contribution in [2.45, 2.75) is 39.1 Å².